The Kier molecular flexibility index (Phi) is 5.17. The fourth-order valence-electron chi connectivity index (χ4n) is 4.51. The highest BCUT2D eigenvalue weighted by Crippen LogP contribution is 2.49. The molecular weight excluding hydrogens is 362 g/mol. The molecule has 0 amide bonds. The van der Waals surface area contributed by atoms with E-state index in [4.69, 9.17) is 19.0 Å². The van der Waals surface area contributed by atoms with Crippen LogP contribution in [0.5, 0.6) is 0 Å². The summed E-state index contributed by atoms with van der Waals surface area (Å²) in [4.78, 5) is 26.9. The summed E-state index contributed by atoms with van der Waals surface area (Å²) in [6, 6.07) is 8.08. The fourth-order valence-corrected chi connectivity index (χ4v) is 4.51. The van der Waals surface area contributed by atoms with Crippen molar-refractivity contribution in [2.45, 2.75) is 50.2 Å². The molecule has 4 unspecified atom stereocenters. The number of carboxylic acids is 1. The van der Waals surface area contributed by atoms with E-state index < -0.39 is 5.97 Å². The van der Waals surface area contributed by atoms with Gasteiger partial charge in [-0.15, -0.1) is 0 Å². The maximum absolute atomic E-state index is 11.5. The second-order valence-corrected chi connectivity index (χ2v) is 7.41. The molecule has 2 aromatic rings. The molecule has 4 rings (SSSR count). The van der Waals surface area contributed by atoms with E-state index in [0.29, 0.717) is 18.7 Å². The predicted molar refractivity (Wildman–Crippen MR) is 98.1 cm³/mol. The lowest BCUT2D eigenvalue weighted by Gasteiger charge is -2.26. The Balaban J connectivity index is 1.56. The number of carboxylic acid groups (broad SMARTS) is 1. The van der Waals surface area contributed by atoms with Gasteiger partial charge in [-0.3, -0.25) is 4.79 Å². The SMILES string of the molecule is COC(=O)CCc1ccccc1CC1C2CCC(O2)C1c1nc(C(=O)O)co1. The zero-order valence-corrected chi connectivity index (χ0v) is 15.7. The number of carbonyl (C=O) groups is 2. The summed E-state index contributed by atoms with van der Waals surface area (Å²) in [6.07, 6.45) is 4.98. The average molecular weight is 385 g/mol. The second kappa shape index (κ2) is 7.75. The Hall–Kier alpha value is -2.67. The molecule has 7 heteroatoms. The molecule has 2 bridgehead atoms. The number of methoxy groups -OCH3 is 1. The van der Waals surface area contributed by atoms with Crippen molar-refractivity contribution in [1.82, 2.24) is 4.98 Å². The Morgan fingerprint density at radius 3 is 2.68 bits per heavy atom. The van der Waals surface area contributed by atoms with Crippen LogP contribution in [0.1, 0.15) is 52.7 Å². The van der Waals surface area contributed by atoms with Gasteiger partial charge in [-0.1, -0.05) is 24.3 Å². The molecule has 1 N–H and O–H groups in total. The van der Waals surface area contributed by atoms with Crippen molar-refractivity contribution in [3.05, 3.63) is 53.2 Å². The van der Waals surface area contributed by atoms with Gasteiger partial charge in [0.2, 0.25) is 5.89 Å². The van der Waals surface area contributed by atoms with Crippen LogP contribution in [0.15, 0.2) is 34.9 Å². The molecule has 4 atom stereocenters. The Bertz CT molecular complexity index is 875. The maximum Gasteiger partial charge on any atom is 0.357 e. The summed E-state index contributed by atoms with van der Waals surface area (Å²) in [5.41, 5.74) is 2.21. The number of carbonyl (C=O) groups excluding carboxylic acids is 1. The Labute approximate surface area is 162 Å². The van der Waals surface area contributed by atoms with Crippen LogP contribution in [0.2, 0.25) is 0 Å². The van der Waals surface area contributed by atoms with Crippen LogP contribution in [0.3, 0.4) is 0 Å². The number of rotatable bonds is 7. The normalized spacial score (nSPS) is 25.8. The molecule has 2 saturated heterocycles. The van der Waals surface area contributed by atoms with E-state index in [0.717, 1.165) is 24.8 Å². The van der Waals surface area contributed by atoms with Crippen molar-refractivity contribution in [1.29, 1.82) is 0 Å². The quantitative estimate of drug-likeness (QED) is 0.732. The van der Waals surface area contributed by atoms with E-state index in [1.54, 1.807) is 0 Å². The van der Waals surface area contributed by atoms with Crippen LogP contribution in [-0.2, 0) is 27.1 Å². The maximum atomic E-state index is 11.5. The molecule has 7 nitrogen and oxygen atoms in total. The van der Waals surface area contributed by atoms with Gasteiger partial charge in [-0.05, 0) is 36.8 Å². The van der Waals surface area contributed by atoms with Gasteiger partial charge >= 0.3 is 11.9 Å². The summed E-state index contributed by atoms with van der Waals surface area (Å²) >= 11 is 0. The van der Waals surface area contributed by atoms with Crippen LogP contribution < -0.4 is 0 Å². The first-order chi connectivity index (χ1) is 13.6. The molecular formula is C21H23NO6. The van der Waals surface area contributed by atoms with Gasteiger partial charge in [0, 0.05) is 12.3 Å². The van der Waals surface area contributed by atoms with E-state index in [1.807, 2.05) is 18.2 Å². The van der Waals surface area contributed by atoms with Gasteiger partial charge < -0.3 is 19.0 Å². The molecule has 148 valence electrons. The van der Waals surface area contributed by atoms with E-state index in [2.05, 4.69) is 11.1 Å². The molecule has 3 heterocycles. The van der Waals surface area contributed by atoms with Crippen molar-refractivity contribution in [3.8, 4) is 0 Å². The topological polar surface area (TPSA) is 98.9 Å². The highest BCUT2D eigenvalue weighted by Gasteiger charge is 2.51. The minimum absolute atomic E-state index is 0.0116. The lowest BCUT2D eigenvalue weighted by atomic mass is 9.75. The van der Waals surface area contributed by atoms with Crippen LogP contribution in [0.4, 0.5) is 0 Å². The number of aryl methyl sites for hydroxylation is 1. The first-order valence-electron chi connectivity index (χ1n) is 9.54. The first-order valence-corrected chi connectivity index (χ1v) is 9.54. The average Bonchev–Trinajstić information content (AvgIpc) is 3.43. The molecule has 2 aliphatic rings. The zero-order chi connectivity index (χ0) is 19.7. The number of oxazole rings is 1. The van der Waals surface area contributed by atoms with Gasteiger partial charge in [-0.25, -0.2) is 9.78 Å². The van der Waals surface area contributed by atoms with Crippen molar-refractivity contribution in [2.75, 3.05) is 7.11 Å². The molecule has 2 aliphatic heterocycles. The van der Waals surface area contributed by atoms with Crippen molar-refractivity contribution >= 4 is 11.9 Å². The molecule has 1 aromatic carbocycles. The molecule has 1 aromatic heterocycles. The number of ether oxygens (including phenoxy) is 2. The molecule has 28 heavy (non-hydrogen) atoms. The third-order valence-corrected chi connectivity index (χ3v) is 5.85. The molecule has 0 aliphatic carbocycles. The molecule has 0 saturated carbocycles. The van der Waals surface area contributed by atoms with Crippen molar-refractivity contribution in [2.24, 2.45) is 5.92 Å². The number of esters is 1. The molecule has 0 spiro atoms. The van der Waals surface area contributed by atoms with E-state index in [1.165, 1.54) is 18.9 Å². The summed E-state index contributed by atoms with van der Waals surface area (Å²) < 4.78 is 16.4. The van der Waals surface area contributed by atoms with Crippen LogP contribution in [0.25, 0.3) is 0 Å². The van der Waals surface area contributed by atoms with Gasteiger partial charge in [0.25, 0.3) is 0 Å². The smallest absolute Gasteiger partial charge is 0.357 e. The minimum Gasteiger partial charge on any atom is -0.476 e. The number of aromatic carboxylic acids is 1. The Morgan fingerprint density at radius 1 is 1.21 bits per heavy atom. The third-order valence-electron chi connectivity index (χ3n) is 5.85. The lowest BCUT2D eigenvalue weighted by Crippen LogP contribution is -2.28. The fraction of sp³-hybridized carbons (Fsp3) is 0.476. The van der Waals surface area contributed by atoms with Crippen LogP contribution >= 0.6 is 0 Å². The van der Waals surface area contributed by atoms with Gasteiger partial charge in [0.05, 0.1) is 25.2 Å². The van der Waals surface area contributed by atoms with Crippen molar-refractivity contribution in [3.63, 3.8) is 0 Å². The van der Waals surface area contributed by atoms with Crippen LogP contribution in [-0.4, -0.2) is 41.3 Å². The second-order valence-electron chi connectivity index (χ2n) is 7.41. The van der Waals surface area contributed by atoms with Gasteiger partial charge in [0.15, 0.2) is 5.69 Å². The number of hydrogen-bond acceptors (Lipinski definition) is 6. The largest absolute Gasteiger partial charge is 0.476 e. The highest BCUT2D eigenvalue weighted by atomic mass is 16.5. The number of benzene rings is 1. The number of nitrogens with zero attached hydrogens (tertiary/aromatic N) is 1. The predicted octanol–water partition coefficient (Wildman–Crippen LogP) is 2.98. The zero-order valence-electron chi connectivity index (χ0n) is 15.7. The minimum atomic E-state index is -1.09. The monoisotopic (exact) mass is 385 g/mol. The van der Waals surface area contributed by atoms with E-state index in [9.17, 15) is 9.59 Å². The highest BCUT2D eigenvalue weighted by molar-refractivity contribution is 5.84. The first kappa shape index (κ1) is 18.7. The van der Waals surface area contributed by atoms with E-state index in [-0.39, 0.29) is 35.7 Å². The summed E-state index contributed by atoms with van der Waals surface area (Å²) in [6.45, 7) is 0. The number of aromatic nitrogens is 1. The number of fused-ring (bicyclic) bond motifs is 2. The van der Waals surface area contributed by atoms with Crippen molar-refractivity contribution < 1.29 is 28.6 Å². The standard InChI is InChI=1S/C21H23NO6/c1-26-18(23)9-6-12-4-2-3-5-13(12)10-14-16-7-8-17(28-16)19(14)20-22-15(11-27-20)21(24)25/h2-5,11,14,16-17,19H,6-10H2,1H3,(H,24,25). The van der Waals surface area contributed by atoms with Gasteiger partial charge in [0.1, 0.15) is 6.26 Å². The van der Waals surface area contributed by atoms with E-state index >= 15 is 0 Å². The van der Waals surface area contributed by atoms with Gasteiger partial charge in [-0.2, -0.15) is 0 Å². The summed E-state index contributed by atoms with van der Waals surface area (Å²) in [5.74, 6) is -0.763. The lowest BCUT2D eigenvalue weighted by molar-refractivity contribution is -0.140. The third kappa shape index (κ3) is 3.54. The summed E-state index contributed by atoms with van der Waals surface area (Å²) in [7, 11) is 1.40. The molecule has 0 radical (unpaired) electrons. The molecule has 2 fully saturated rings. The Morgan fingerprint density at radius 2 is 1.96 bits per heavy atom. The van der Waals surface area contributed by atoms with Crippen LogP contribution in [0, 0.1) is 5.92 Å². The number of hydrogen-bond donors (Lipinski definition) is 1. The summed E-state index contributed by atoms with van der Waals surface area (Å²) in [5, 5.41) is 9.14.